The van der Waals surface area contributed by atoms with Crippen LogP contribution in [0.5, 0.6) is 0 Å². The Hall–Kier alpha value is -2.16. The van der Waals surface area contributed by atoms with Crippen LogP contribution in [0.3, 0.4) is 0 Å². The number of hydrogen-bond acceptors (Lipinski definition) is 6. The quantitative estimate of drug-likeness (QED) is 0.263. The normalized spacial score (nSPS) is 15.1. The third-order valence-electron chi connectivity index (χ3n) is 5.30. The lowest BCUT2D eigenvalue weighted by molar-refractivity contribution is -0.146. The molecule has 0 saturated carbocycles. The SMILES string of the molecule is CCOC(=O)C[C@H](O)[C@H](CC(C)C)NC(=O)[C@@H](NC(=O)[C@@H](NC(=O)CC(C)C)C(C)C)C(C)C. The largest absolute Gasteiger partial charge is 0.466 e. The third kappa shape index (κ3) is 12.3. The van der Waals surface area contributed by atoms with Crippen LogP contribution < -0.4 is 16.0 Å². The standard InChI is InChI=1S/C25H47N3O6/c1-10-34-21(31)13-19(29)18(11-14(2)3)26-24(32)23(17(8)9)28-25(33)22(16(6)7)27-20(30)12-15(4)5/h14-19,22-23,29H,10-13H2,1-9H3,(H,26,32)(H,27,30)(H,28,33)/t18-,19-,22-,23-/m0/s1. The van der Waals surface area contributed by atoms with Crippen LogP contribution in [-0.4, -0.2) is 59.6 Å². The van der Waals surface area contributed by atoms with Gasteiger partial charge in [0.2, 0.25) is 17.7 Å². The van der Waals surface area contributed by atoms with Crippen molar-refractivity contribution in [2.75, 3.05) is 6.61 Å². The summed E-state index contributed by atoms with van der Waals surface area (Å²) in [5, 5.41) is 19.0. The second kappa shape index (κ2) is 15.7. The third-order valence-corrected chi connectivity index (χ3v) is 5.30. The van der Waals surface area contributed by atoms with Crippen molar-refractivity contribution in [3.05, 3.63) is 0 Å². The van der Waals surface area contributed by atoms with Gasteiger partial charge in [-0.05, 0) is 37.0 Å². The van der Waals surface area contributed by atoms with E-state index >= 15 is 0 Å². The molecular formula is C25H47N3O6. The van der Waals surface area contributed by atoms with Gasteiger partial charge in [-0.2, -0.15) is 0 Å². The fourth-order valence-corrected chi connectivity index (χ4v) is 3.54. The lowest BCUT2D eigenvalue weighted by Crippen LogP contribution is -2.59. The minimum atomic E-state index is -1.12. The molecule has 4 N–H and O–H groups in total. The fourth-order valence-electron chi connectivity index (χ4n) is 3.54. The summed E-state index contributed by atoms with van der Waals surface area (Å²) in [6.45, 7) is 16.9. The maximum Gasteiger partial charge on any atom is 0.308 e. The van der Waals surface area contributed by atoms with E-state index in [1.165, 1.54) is 0 Å². The Morgan fingerprint density at radius 2 is 1.24 bits per heavy atom. The van der Waals surface area contributed by atoms with Gasteiger partial charge in [0.1, 0.15) is 12.1 Å². The zero-order valence-corrected chi connectivity index (χ0v) is 22.4. The average Bonchev–Trinajstić information content (AvgIpc) is 2.68. The van der Waals surface area contributed by atoms with Gasteiger partial charge < -0.3 is 25.8 Å². The smallest absolute Gasteiger partial charge is 0.308 e. The van der Waals surface area contributed by atoms with Gasteiger partial charge >= 0.3 is 5.97 Å². The van der Waals surface area contributed by atoms with Gasteiger partial charge in [-0.15, -0.1) is 0 Å². The van der Waals surface area contributed by atoms with E-state index in [-0.39, 0.29) is 42.6 Å². The Bertz CT molecular complexity index is 663. The molecule has 9 nitrogen and oxygen atoms in total. The Balaban J connectivity index is 5.46. The predicted octanol–water partition coefficient (Wildman–Crippen LogP) is 2.16. The summed E-state index contributed by atoms with van der Waals surface area (Å²) in [4.78, 5) is 50.2. The Kier molecular flexibility index (Phi) is 14.7. The summed E-state index contributed by atoms with van der Waals surface area (Å²) in [5.74, 6) is -1.75. The zero-order valence-electron chi connectivity index (χ0n) is 22.4. The van der Waals surface area contributed by atoms with Crippen LogP contribution in [0.2, 0.25) is 0 Å². The molecule has 0 heterocycles. The van der Waals surface area contributed by atoms with E-state index in [2.05, 4.69) is 16.0 Å². The number of carbonyl (C=O) groups excluding carboxylic acids is 4. The number of nitrogens with one attached hydrogen (secondary N) is 3. The second-order valence-electron chi connectivity index (χ2n) is 10.4. The Morgan fingerprint density at radius 3 is 1.68 bits per heavy atom. The number of esters is 1. The maximum absolute atomic E-state index is 13.1. The molecule has 0 aromatic heterocycles. The van der Waals surface area contributed by atoms with Gasteiger partial charge in [-0.25, -0.2) is 0 Å². The predicted molar refractivity (Wildman–Crippen MR) is 132 cm³/mol. The summed E-state index contributed by atoms with van der Waals surface area (Å²) in [6.07, 6.45) is -0.598. The molecule has 9 heteroatoms. The summed E-state index contributed by atoms with van der Waals surface area (Å²) < 4.78 is 4.91. The first-order chi connectivity index (χ1) is 15.7. The first kappa shape index (κ1) is 31.8. The van der Waals surface area contributed by atoms with E-state index in [4.69, 9.17) is 4.74 Å². The second-order valence-corrected chi connectivity index (χ2v) is 10.4. The molecule has 0 fully saturated rings. The van der Waals surface area contributed by atoms with Crippen molar-refractivity contribution >= 4 is 23.7 Å². The van der Waals surface area contributed by atoms with E-state index in [1.54, 1.807) is 20.8 Å². The van der Waals surface area contributed by atoms with Crippen molar-refractivity contribution in [1.82, 2.24) is 16.0 Å². The highest BCUT2D eigenvalue weighted by Gasteiger charge is 2.33. The lowest BCUT2D eigenvalue weighted by atomic mass is 9.95. The van der Waals surface area contributed by atoms with Gasteiger partial charge in [0, 0.05) is 6.42 Å². The number of aliphatic hydroxyl groups excluding tert-OH is 1. The highest BCUT2D eigenvalue weighted by molar-refractivity contribution is 5.92. The molecule has 34 heavy (non-hydrogen) atoms. The molecule has 0 unspecified atom stereocenters. The van der Waals surface area contributed by atoms with Crippen molar-refractivity contribution in [1.29, 1.82) is 0 Å². The monoisotopic (exact) mass is 485 g/mol. The van der Waals surface area contributed by atoms with E-state index in [0.717, 1.165) is 0 Å². The molecule has 0 aromatic rings. The molecule has 0 spiro atoms. The van der Waals surface area contributed by atoms with Crippen molar-refractivity contribution in [2.45, 2.75) is 106 Å². The number of rotatable bonds is 15. The first-order valence-electron chi connectivity index (χ1n) is 12.4. The number of carbonyl (C=O) groups is 4. The summed E-state index contributed by atoms with van der Waals surface area (Å²) in [6, 6.07) is -2.33. The van der Waals surface area contributed by atoms with Gasteiger partial charge in [-0.3, -0.25) is 19.2 Å². The number of aliphatic hydroxyl groups is 1. The highest BCUT2D eigenvalue weighted by atomic mass is 16.5. The van der Waals surface area contributed by atoms with Gasteiger partial charge in [0.25, 0.3) is 0 Å². The molecule has 198 valence electrons. The summed E-state index contributed by atoms with van der Waals surface area (Å²) in [5.41, 5.74) is 0. The molecule has 0 aliphatic heterocycles. The van der Waals surface area contributed by atoms with Crippen LogP contribution >= 0.6 is 0 Å². The van der Waals surface area contributed by atoms with Crippen molar-refractivity contribution < 1.29 is 29.0 Å². The minimum Gasteiger partial charge on any atom is -0.466 e. The van der Waals surface area contributed by atoms with Crippen LogP contribution in [0.1, 0.15) is 81.6 Å². The maximum atomic E-state index is 13.1. The summed E-state index contributed by atoms with van der Waals surface area (Å²) >= 11 is 0. The molecule has 0 aromatic carbocycles. The fraction of sp³-hybridized carbons (Fsp3) is 0.840. The molecule has 3 amide bonds. The highest BCUT2D eigenvalue weighted by Crippen LogP contribution is 2.14. The Labute approximate surface area is 205 Å². The van der Waals surface area contributed by atoms with E-state index in [0.29, 0.717) is 12.8 Å². The molecule has 0 saturated heterocycles. The summed E-state index contributed by atoms with van der Waals surface area (Å²) in [7, 11) is 0. The lowest BCUT2D eigenvalue weighted by Gasteiger charge is -2.30. The van der Waals surface area contributed by atoms with Crippen LogP contribution in [0, 0.1) is 23.7 Å². The molecule has 0 aliphatic carbocycles. The van der Waals surface area contributed by atoms with Crippen LogP contribution in [0.4, 0.5) is 0 Å². The molecule has 4 atom stereocenters. The molecular weight excluding hydrogens is 438 g/mol. The van der Waals surface area contributed by atoms with Crippen molar-refractivity contribution in [3.8, 4) is 0 Å². The molecule has 0 rings (SSSR count). The molecule has 0 aliphatic rings. The van der Waals surface area contributed by atoms with Crippen LogP contribution in [0.15, 0.2) is 0 Å². The van der Waals surface area contributed by atoms with Crippen LogP contribution in [0.25, 0.3) is 0 Å². The van der Waals surface area contributed by atoms with Crippen LogP contribution in [-0.2, 0) is 23.9 Å². The van der Waals surface area contributed by atoms with Gasteiger partial charge in [0.15, 0.2) is 0 Å². The minimum absolute atomic E-state index is 0.149. The number of amides is 3. The molecule has 0 radical (unpaired) electrons. The Morgan fingerprint density at radius 1 is 0.735 bits per heavy atom. The number of hydrogen-bond donors (Lipinski definition) is 4. The average molecular weight is 486 g/mol. The van der Waals surface area contributed by atoms with E-state index < -0.39 is 42.0 Å². The molecule has 0 bridgehead atoms. The van der Waals surface area contributed by atoms with Crippen molar-refractivity contribution in [2.24, 2.45) is 23.7 Å². The van der Waals surface area contributed by atoms with Gasteiger partial charge in [-0.1, -0.05) is 55.4 Å². The first-order valence-corrected chi connectivity index (χ1v) is 12.4. The van der Waals surface area contributed by atoms with E-state index in [9.17, 15) is 24.3 Å². The number of ether oxygens (including phenoxy) is 1. The zero-order chi connectivity index (χ0) is 26.6. The van der Waals surface area contributed by atoms with Crippen molar-refractivity contribution in [3.63, 3.8) is 0 Å². The van der Waals surface area contributed by atoms with E-state index in [1.807, 2.05) is 41.5 Å². The van der Waals surface area contributed by atoms with Gasteiger partial charge in [0.05, 0.1) is 25.2 Å². The topological polar surface area (TPSA) is 134 Å².